The van der Waals surface area contributed by atoms with Gasteiger partial charge < -0.3 is 10.1 Å². The first-order valence-electron chi connectivity index (χ1n) is 6.39. The molecule has 1 atom stereocenters. The van der Waals surface area contributed by atoms with E-state index in [-0.39, 0.29) is 6.42 Å². The Morgan fingerprint density at radius 3 is 2.95 bits per heavy atom. The molecular weight excluding hydrogens is 280 g/mol. The summed E-state index contributed by atoms with van der Waals surface area (Å²) in [5, 5.41) is 4.47. The molecule has 0 aromatic carbocycles. The fourth-order valence-electron chi connectivity index (χ4n) is 1.89. The van der Waals surface area contributed by atoms with Gasteiger partial charge in [-0.15, -0.1) is 11.3 Å². The average Bonchev–Trinajstić information content (AvgIpc) is 3.06. The highest BCUT2D eigenvalue weighted by atomic mass is 32.1. The van der Waals surface area contributed by atoms with Crippen LogP contribution >= 0.6 is 11.3 Å². The number of aryl methyl sites for hydroxylation is 1. The summed E-state index contributed by atoms with van der Waals surface area (Å²) in [6.45, 7) is 2.23. The molecule has 1 fully saturated rings. The number of carbonyl (C=O) groups excluding carboxylic acids is 3. The zero-order chi connectivity index (χ0) is 14.5. The molecule has 0 radical (unpaired) electrons. The minimum absolute atomic E-state index is 0.227. The molecule has 1 aliphatic heterocycles. The lowest BCUT2D eigenvalue weighted by atomic mass is 10.2. The van der Waals surface area contributed by atoms with Crippen LogP contribution in [-0.4, -0.2) is 42.0 Å². The maximum atomic E-state index is 11.9. The van der Waals surface area contributed by atoms with Gasteiger partial charge in [-0.3, -0.25) is 14.5 Å². The number of imide groups is 1. The Kier molecular flexibility index (Phi) is 4.73. The maximum Gasteiger partial charge on any atom is 0.324 e. The van der Waals surface area contributed by atoms with Crippen LogP contribution < -0.4 is 5.32 Å². The summed E-state index contributed by atoms with van der Waals surface area (Å²) in [4.78, 5) is 37.1. The van der Waals surface area contributed by atoms with Gasteiger partial charge in [-0.25, -0.2) is 4.79 Å². The summed E-state index contributed by atoms with van der Waals surface area (Å²) < 4.78 is 5.07. The van der Waals surface area contributed by atoms with Gasteiger partial charge in [0.15, 0.2) is 6.10 Å². The van der Waals surface area contributed by atoms with Crippen LogP contribution in [0.5, 0.6) is 0 Å². The van der Waals surface area contributed by atoms with Gasteiger partial charge >= 0.3 is 12.0 Å². The number of hydrogen-bond acceptors (Lipinski definition) is 5. The number of hydrogen-bond donors (Lipinski definition) is 1. The lowest BCUT2D eigenvalue weighted by molar-refractivity contribution is -0.157. The van der Waals surface area contributed by atoms with Crippen molar-refractivity contribution in [1.29, 1.82) is 0 Å². The Balaban J connectivity index is 1.78. The average molecular weight is 296 g/mol. The number of amides is 3. The highest BCUT2D eigenvalue weighted by molar-refractivity contribution is 7.09. The molecule has 0 aliphatic carbocycles. The molecule has 108 valence electrons. The zero-order valence-electron chi connectivity index (χ0n) is 11.1. The van der Waals surface area contributed by atoms with Crippen molar-refractivity contribution in [1.82, 2.24) is 10.2 Å². The number of ether oxygens (including phenoxy) is 1. The molecule has 2 heterocycles. The van der Waals surface area contributed by atoms with E-state index in [2.05, 4.69) is 5.32 Å². The van der Waals surface area contributed by atoms with Crippen molar-refractivity contribution < 1.29 is 19.1 Å². The SMILES string of the molecule is C[C@@H](OC(=O)CCc1cccs1)C(=O)N1CCNC1=O. The van der Waals surface area contributed by atoms with Gasteiger partial charge in [-0.05, 0) is 24.8 Å². The van der Waals surface area contributed by atoms with Crippen LogP contribution in [0, 0.1) is 0 Å². The van der Waals surface area contributed by atoms with Crippen LogP contribution in [0.3, 0.4) is 0 Å². The van der Waals surface area contributed by atoms with Crippen molar-refractivity contribution in [3.05, 3.63) is 22.4 Å². The summed E-state index contributed by atoms with van der Waals surface area (Å²) >= 11 is 1.57. The molecule has 7 heteroatoms. The molecule has 3 amide bonds. The number of esters is 1. The quantitative estimate of drug-likeness (QED) is 0.827. The summed E-state index contributed by atoms with van der Waals surface area (Å²) in [6.07, 6.45) is -0.110. The third kappa shape index (κ3) is 3.57. The van der Waals surface area contributed by atoms with Crippen molar-refractivity contribution >= 4 is 29.2 Å². The van der Waals surface area contributed by atoms with Gasteiger partial charge in [0, 0.05) is 18.0 Å². The number of thiophene rings is 1. The molecule has 1 aromatic rings. The van der Waals surface area contributed by atoms with Crippen LogP contribution in [0.25, 0.3) is 0 Å². The van der Waals surface area contributed by atoms with E-state index in [1.165, 1.54) is 6.92 Å². The van der Waals surface area contributed by atoms with E-state index >= 15 is 0 Å². The number of rotatable bonds is 5. The highest BCUT2D eigenvalue weighted by Crippen LogP contribution is 2.12. The second-order valence-corrected chi connectivity index (χ2v) is 5.47. The van der Waals surface area contributed by atoms with Crippen LogP contribution in [0.15, 0.2) is 17.5 Å². The first kappa shape index (κ1) is 14.5. The predicted octanol–water partition coefficient (Wildman–Crippen LogP) is 1.16. The summed E-state index contributed by atoms with van der Waals surface area (Å²) in [7, 11) is 0. The molecule has 6 nitrogen and oxygen atoms in total. The monoisotopic (exact) mass is 296 g/mol. The molecular formula is C13H16N2O4S. The van der Waals surface area contributed by atoms with E-state index in [9.17, 15) is 14.4 Å². The van der Waals surface area contributed by atoms with Crippen LogP contribution in [-0.2, 0) is 20.7 Å². The third-order valence-corrected chi connectivity index (χ3v) is 3.87. The number of nitrogens with zero attached hydrogens (tertiary/aromatic N) is 1. The normalized spacial score (nSPS) is 15.8. The smallest absolute Gasteiger partial charge is 0.324 e. The number of carbonyl (C=O) groups is 3. The van der Waals surface area contributed by atoms with Crippen LogP contribution in [0.2, 0.25) is 0 Å². The van der Waals surface area contributed by atoms with Crippen molar-refractivity contribution in [3.63, 3.8) is 0 Å². The largest absolute Gasteiger partial charge is 0.453 e. The van der Waals surface area contributed by atoms with E-state index in [4.69, 9.17) is 4.74 Å². The topological polar surface area (TPSA) is 75.7 Å². The Bertz CT molecular complexity index is 500. The Labute approximate surface area is 120 Å². The van der Waals surface area contributed by atoms with Crippen LogP contribution in [0.1, 0.15) is 18.2 Å². The van der Waals surface area contributed by atoms with Gasteiger partial charge in [-0.1, -0.05) is 6.07 Å². The van der Waals surface area contributed by atoms with Crippen molar-refractivity contribution in [2.45, 2.75) is 25.9 Å². The van der Waals surface area contributed by atoms with Crippen LogP contribution in [0.4, 0.5) is 4.79 Å². The van der Waals surface area contributed by atoms with E-state index in [1.807, 2.05) is 17.5 Å². The lowest BCUT2D eigenvalue weighted by Crippen LogP contribution is -2.41. The standard InChI is InChI=1S/C13H16N2O4S/c1-9(12(17)15-7-6-14-13(15)18)19-11(16)5-4-10-3-2-8-20-10/h2-3,8-9H,4-7H2,1H3,(H,14,18)/t9-/m1/s1. The van der Waals surface area contributed by atoms with Gasteiger partial charge in [0.1, 0.15) is 0 Å². The zero-order valence-corrected chi connectivity index (χ0v) is 11.9. The molecule has 0 bridgehead atoms. The summed E-state index contributed by atoms with van der Waals surface area (Å²) in [5.41, 5.74) is 0. The molecule has 0 unspecified atom stereocenters. The van der Waals surface area contributed by atoms with Crippen molar-refractivity contribution in [3.8, 4) is 0 Å². The molecule has 0 saturated carbocycles. The minimum atomic E-state index is -0.935. The predicted molar refractivity (Wildman–Crippen MR) is 73.3 cm³/mol. The van der Waals surface area contributed by atoms with Gasteiger partial charge in [0.25, 0.3) is 5.91 Å². The van der Waals surface area contributed by atoms with Crippen molar-refractivity contribution in [2.75, 3.05) is 13.1 Å². The molecule has 2 rings (SSSR count). The van der Waals surface area contributed by atoms with E-state index in [1.54, 1.807) is 11.3 Å². The number of urea groups is 1. The van der Waals surface area contributed by atoms with Gasteiger partial charge in [-0.2, -0.15) is 0 Å². The highest BCUT2D eigenvalue weighted by Gasteiger charge is 2.31. The first-order chi connectivity index (χ1) is 9.58. The Morgan fingerprint density at radius 2 is 2.35 bits per heavy atom. The van der Waals surface area contributed by atoms with E-state index < -0.39 is 24.0 Å². The first-order valence-corrected chi connectivity index (χ1v) is 7.27. The Hall–Kier alpha value is -1.89. The molecule has 0 spiro atoms. The van der Waals surface area contributed by atoms with E-state index in [0.717, 1.165) is 9.78 Å². The van der Waals surface area contributed by atoms with E-state index in [0.29, 0.717) is 19.5 Å². The summed E-state index contributed by atoms with van der Waals surface area (Å²) in [5.74, 6) is -0.914. The second-order valence-electron chi connectivity index (χ2n) is 4.43. The minimum Gasteiger partial charge on any atom is -0.453 e. The van der Waals surface area contributed by atoms with Crippen molar-refractivity contribution in [2.24, 2.45) is 0 Å². The lowest BCUT2D eigenvalue weighted by Gasteiger charge is -2.18. The number of nitrogens with one attached hydrogen (secondary N) is 1. The molecule has 1 aliphatic rings. The molecule has 1 saturated heterocycles. The molecule has 1 N–H and O–H groups in total. The fraction of sp³-hybridized carbons (Fsp3) is 0.462. The van der Waals surface area contributed by atoms with Gasteiger partial charge in [0.2, 0.25) is 0 Å². The van der Waals surface area contributed by atoms with Gasteiger partial charge in [0.05, 0.1) is 6.42 Å². The summed E-state index contributed by atoms with van der Waals surface area (Å²) in [6, 6.07) is 3.43. The second kappa shape index (κ2) is 6.51. The third-order valence-electron chi connectivity index (χ3n) is 2.93. The Morgan fingerprint density at radius 1 is 1.55 bits per heavy atom. The maximum absolute atomic E-state index is 11.9. The molecule has 1 aromatic heterocycles. The molecule has 20 heavy (non-hydrogen) atoms. The fourth-order valence-corrected chi connectivity index (χ4v) is 2.60.